The number of rotatable bonds is 9. The zero-order valence-electron chi connectivity index (χ0n) is 28.1. The lowest BCUT2D eigenvalue weighted by Crippen LogP contribution is -2.47. The number of nitrogens with one attached hydrogen (secondary N) is 2. The van der Waals surface area contributed by atoms with E-state index >= 15 is 0 Å². The molecule has 12 nitrogen and oxygen atoms in total. The maximum atomic E-state index is 14.3. The van der Waals surface area contributed by atoms with Gasteiger partial charge in [-0.05, 0) is 104 Å². The van der Waals surface area contributed by atoms with Crippen LogP contribution in [0.3, 0.4) is 0 Å². The third-order valence-corrected chi connectivity index (χ3v) is 10.5. The molecule has 0 spiro atoms. The second-order valence-electron chi connectivity index (χ2n) is 13.6. The number of carbonyl (C=O) groups excluding carboxylic acids is 4. The summed E-state index contributed by atoms with van der Waals surface area (Å²) in [5, 5.41) is 11.0. The van der Waals surface area contributed by atoms with Crippen LogP contribution in [0.1, 0.15) is 66.5 Å². The fourth-order valence-electron chi connectivity index (χ4n) is 7.43. The minimum absolute atomic E-state index is 0.176. The number of hydrogen-bond donors (Lipinski definition) is 2. The number of aromatic nitrogens is 5. The first-order valence-corrected chi connectivity index (χ1v) is 17.4. The average molecular weight is 744 g/mol. The van der Waals surface area contributed by atoms with E-state index in [1.165, 1.54) is 11.6 Å². The molecule has 4 aromatic rings. The van der Waals surface area contributed by atoms with Gasteiger partial charge in [0.05, 0.1) is 5.52 Å². The molecule has 1 aromatic carbocycles. The molecule has 3 amide bonds. The smallest absolute Gasteiger partial charge is 0.249 e. The number of carbonyl (C=O) groups is 4. The van der Waals surface area contributed by atoms with Gasteiger partial charge in [0.25, 0.3) is 0 Å². The van der Waals surface area contributed by atoms with E-state index in [1.807, 2.05) is 32.0 Å². The van der Waals surface area contributed by atoms with Crippen molar-refractivity contribution in [2.45, 2.75) is 78.4 Å². The number of allylic oxidation sites excluding steroid dienone is 1. The molecule has 2 fully saturated rings. The minimum atomic E-state index is -0.857. The monoisotopic (exact) mass is 742 g/mol. The Hall–Kier alpha value is -4.85. The number of likely N-dealkylation sites (tertiary alicyclic amines) is 1. The standard InChI is InChI=1S/C36H36BrFN8O4/c1-18-8-9-29(37)42-33(18)43-35(50)27-12-36(17-41-34(49)24-6-5-7-26(24)38)13-28(36)46(27)30(48)16-45-32-19(2)10-22(23-14-39-21(4)40-15-23)11-25(32)31(44-45)20(3)47/h8-11,14-15,27-28H,5-7,12-13,16-17H2,1-4H3,(H,41,49)(H,42,43,50)/t27-,28?,36-/m0/s1. The van der Waals surface area contributed by atoms with Gasteiger partial charge in [-0.2, -0.15) is 5.10 Å². The molecule has 3 aliphatic rings. The number of piperidine rings is 1. The van der Waals surface area contributed by atoms with Crippen molar-refractivity contribution in [2.75, 3.05) is 11.9 Å². The molecule has 258 valence electrons. The van der Waals surface area contributed by atoms with E-state index in [2.05, 4.69) is 46.6 Å². The normalized spacial score (nSPS) is 21.0. The number of pyridine rings is 1. The molecule has 1 unspecified atom stereocenters. The van der Waals surface area contributed by atoms with Crippen LogP contribution < -0.4 is 10.6 Å². The van der Waals surface area contributed by atoms with Crippen molar-refractivity contribution in [3.63, 3.8) is 0 Å². The highest BCUT2D eigenvalue weighted by Crippen LogP contribution is 2.59. The van der Waals surface area contributed by atoms with Crippen LogP contribution in [0.4, 0.5) is 10.2 Å². The Morgan fingerprint density at radius 1 is 1.02 bits per heavy atom. The van der Waals surface area contributed by atoms with Crippen molar-refractivity contribution in [3.05, 3.63) is 75.3 Å². The fraction of sp³-hybridized carbons (Fsp3) is 0.389. The van der Waals surface area contributed by atoms with E-state index in [-0.39, 0.29) is 54.3 Å². The number of hydrogen-bond acceptors (Lipinski definition) is 8. The van der Waals surface area contributed by atoms with Crippen LogP contribution in [-0.2, 0) is 20.9 Å². The third-order valence-electron chi connectivity index (χ3n) is 10.1. The minimum Gasteiger partial charge on any atom is -0.352 e. The molecule has 2 aliphatic carbocycles. The number of aryl methyl sites for hydroxylation is 3. The topological polar surface area (TPSA) is 152 Å². The maximum Gasteiger partial charge on any atom is 0.249 e. The van der Waals surface area contributed by atoms with Crippen LogP contribution in [-0.4, -0.2) is 71.8 Å². The summed E-state index contributed by atoms with van der Waals surface area (Å²) in [6, 6.07) is 6.22. The van der Waals surface area contributed by atoms with Crippen molar-refractivity contribution in [2.24, 2.45) is 5.41 Å². The second-order valence-corrected chi connectivity index (χ2v) is 14.4. The lowest BCUT2D eigenvalue weighted by atomic mass is 9.98. The predicted molar refractivity (Wildman–Crippen MR) is 187 cm³/mol. The van der Waals surface area contributed by atoms with Crippen molar-refractivity contribution in [1.82, 2.24) is 34.9 Å². The van der Waals surface area contributed by atoms with Gasteiger partial charge in [0.15, 0.2) is 5.78 Å². The van der Waals surface area contributed by atoms with Gasteiger partial charge in [-0.25, -0.2) is 19.3 Å². The number of benzene rings is 1. The van der Waals surface area contributed by atoms with Gasteiger partial charge in [-0.1, -0.05) is 6.07 Å². The molecule has 1 aliphatic heterocycles. The van der Waals surface area contributed by atoms with E-state index in [1.54, 1.807) is 30.3 Å². The van der Waals surface area contributed by atoms with Crippen molar-refractivity contribution < 1.29 is 23.6 Å². The molecule has 4 heterocycles. The van der Waals surface area contributed by atoms with E-state index in [0.29, 0.717) is 52.8 Å². The average Bonchev–Trinajstić information content (AvgIpc) is 3.33. The van der Waals surface area contributed by atoms with Crippen LogP contribution in [0, 0.1) is 26.2 Å². The van der Waals surface area contributed by atoms with E-state index in [4.69, 9.17) is 0 Å². The molecular weight excluding hydrogens is 707 g/mol. The van der Waals surface area contributed by atoms with Gasteiger partial charge in [0.2, 0.25) is 17.7 Å². The second kappa shape index (κ2) is 12.8. The summed E-state index contributed by atoms with van der Waals surface area (Å²) in [5.41, 5.74) is 3.65. The molecule has 14 heteroatoms. The number of Topliss-reactive ketones (excluding diaryl/α,β-unsaturated/α-hetero) is 1. The number of nitrogens with zero attached hydrogens (tertiary/aromatic N) is 6. The number of fused-ring (bicyclic) bond motifs is 2. The summed E-state index contributed by atoms with van der Waals surface area (Å²) < 4.78 is 16.3. The summed E-state index contributed by atoms with van der Waals surface area (Å²) in [4.78, 5) is 68.5. The molecule has 1 saturated carbocycles. The molecule has 3 aromatic heterocycles. The highest BCUT2D eigenvalue weighted by Gasteiger charge is 2.67. The first-order chi connectivity index (χ1) is 23.8. The highest BCUT2D eigenvalue weighted by molar-refractivity contribution is 9.10. The number of halogens is 2. The first kappa shape index (κ1) is 33.6. The van der Waals surface area contributed by atoms with E-state index in [9.17, 15) is 23.6 Å². The summed E-state index contributed by atoms with van der Waals surface area (Å²) in [5.74, 6) is -0.801. The van der Waals surface area contributed by atoms with Crippen LogP contribution in [0.2, 0.25) is 0 Å². The van der Waals surface area contributed by atoms with E-state index in [0.717, 1.165) is 22.3 Å². The van der Waals surface area contributed by atoms with Crippen molar-refractivity contribution in [3.8, 4) is 11.1 Å². The molecular formula is C36H36BrFN8O4. The van der Waals surface area contributed by atoms with Crippen molar-refractivity contribution in [1.29, 1.82) is 0 Å². The van der Waals surface area contributed by atoms with Gasteiger partial charge < -0.3 is 15.5 Å². The summed E-state index contributed by atoms with van der Waals surface area (Å²) in [6.45, 7) is 6.95. The Morgan fingerprint density at radius 3 is 2.48 bits per heavy atom. The van der Waals surface area contributed by atoms with Crippen molar-refractivity contribution >= 4 is 56.2 Å². The first-order valence-electron chi connectivity index (χ1n) is 16.6. The SMILES string of the molecule is CC(=O)c1nn(CC(=O)N2C3C[C@]3(CNC(=O)C3=C(F)CCC3)C[C@H]2C(=O)Nc2nc(Br)ccc2C)c2c(C)cc(-c3cnc(C)nc3)cc12. The predicted octanol–water partition coefficient (Wildman–Crippen LogP) is 5.30. The summed E-state index contributed by atoms with van der Waals surface area (Å²) in [6.07, 6.45) is 5.59. The molecule has 2 N–H and O–H groups in total. The molecule has 1 saturated heterocycles. The van der Waals surface area contributed by atoms with Gasteiger partial charge in [-0.15, -0.1) is 0 Å². The zero-order chi connectivity index (χ0) is 35.5. The molecule has 3 atom stereocenters. The van der Waals surface area contributed by atoms with Gasteiger partial charge >= 0.3 is 0 Å². The Kier molecular flexibility index (Phi) is 8.61. The number of amides is 3. The molecule has 0 radical (unpaired) electrons. The molecule has 0 bridgehead atoms. The van der Waals surface area contributed by atoms with Crippen LogP contribution in [0.25, 0.3) is 22.0 Å². The van der Waals surface area contributed by atoms with Gasteiger partial charge in [0.1, 0.15) is 40.4 Å². The largest absolute Gasteiger partial charge is 0.352 e. The maximum absolute atomic E-state index is 14.3. The van der Waals surface area contributed by atoms with E-state index < -0.39 is 23.3 Å². The molecule has 7 rings (SSSR count). The van der Waals surface area contributed by atoms with Crippen LogP contribution >= 0.6 is 15.9 Å². The summed E-state index contributed by atoms with van der Waals surface area (Å²) >= 11 is 3.35. The number of anilines is 1. The third kappa shape index (κ3) is 6.10. The Balaban J connectivity index is 1.19. The number of ketones is 1. The fourth-order valence-corrected chi connectivity index (χ4v) is 7.74. The lowest BCUT2D eigenvalue weighted by Gasteiger charge is -2.27. The van der Waals surface area contributed by atoms with Crippen LogP contribution in [0.5, 0.6) is 0 Å². The van der Waals surface area contributed by atoms with Gasteiger partial charge in [-0.3, -0.25) is 23.9 Å². The quantitative estimate of drug-likeness (QED) is 0.173. The Labute approximate surface area is 296 Å². The van der Waals surface area contributed by atoms with Gasteiger partial charge in [0, 0.05) is 53.8 Å². The van der Waals surface area contributed by atoms with Crippen LogP contribution in [0.15, 0.2) is 52.7 Å². The zero-order valence-corrected chi connectivity index (χ0v) is 29.7. The molecule has 50 heavy (non-hydrogen) atoms. The highest BCUT2D eigenvalue weighted by atomic mass is 79.9. The summed E-state index contributed by atoms with van der Waals surface area (Å²) in [7, 11) is 0. The Bertz CT molecular complexity index is 2130. The lowest BCUT2D eigenvalue weighted by molar-refractivity contribution is -0.138. The Morgan fingerprint density at radius 2 is 1.78 bits per heavy atom.